The maximum Gasteiger partial charge on any atom is 0.336 e. The van der Waals surface area contributed by atoms with E-state index in [0.29, 0.717) is 17.0 Å². The van der Waals surface area contributed by atoms with Crippen LogP contribution < -0.4 is 0 Å². The number of esters is 1. The molecule has 3 rings (SSSR count). The molecule has 0 fully saturated rings. The molecule has 0 aliphatic carbocycles. The van der Waals surface area contributed by atoms with Gasteiger partial charge in [0.1, 0.15) is 12.5 Å². The summed E-state index contributed by atoms with van der Waals surface area (Å²) in [5, 5.41) is 9.89. The molecule has 30 heavy (non-hydrogen) atoms. The number of hydrogen-bond acceptors (Lipinski definition) is 4. The minimum atomic E-state index is -1.01. The fourth-order valence-corrected chi connectivity index (χ4v) is 3.84. The van der Waals surface area contributed by atoms with Crippen molar-refractivity contribution in [2.24, 2.45) is 10.9 Å². The van der Waals surface area contributed by atoms with Crippen molar-refractivity contribution in [1.29, 1.82) is 0 Å². The third-order valence-corrected chi connectivity index (χ3v) is 5.26. The Morgan fingerprint density at radius 2 is 1.70 bits per heavy atom. The fourth-order valence-electron chi connectivity index (χ4n) is 3.84. The zero-order chi connectivity index (χ0) is 21.7. The topological polar surface area (TPSA) is 76.0 Å². The molecule has 5 nitrogen and oxygen atoms in total. The van der Waals surface area contributed by atoms with Crippen LogP contribution >= 0.6 is 0 Å². The van der Waals surface area contributed by atoms with Gasteiger partial charge in [-0.05, 0) is 43.5 Å². The number of aliphatic carboxylic acids is 1. The molecule has 1 aliphatic rings. The number of carboxylic acids is 1. The van der Waals surface area contributed by atoms with Gasteiger partial charge in [-0.3, -0.25) is 9.79 Å². The molecule has 1 N–H and O–H groups in total. The van der Waals surface area contributed by atoms with Gasteiger partial charge in [0, 0.05) is 17.3 Å². The third kappa shape index (κ3) is 4.57. The van der Waals surface area contributed by atoms with E-state index in [0.717, 1.165) is 16.7 Å². The van der Waals surface area contributed by atoms with Crippen LogP contribution in [0.4, 0.5) is 0 Å². The number of benzene rings is 2. The first-order valence-corrected chi connectivity index (χ1v) is 9.83. The maximum absolute atomic E-state index is 13.0. The van der Waals surface area contributed by atoms with Crippen molar-refractivity contribution in [2.45, 2.75) is 26.7 Å². The number of carboxylic acid groups (broad SMARTS) is 1. The Bertz CT molecular complexity index is 1030. The van der Waals surface area contributed by atoms with Crippen molar-refractivity contribution >= 4 is 23.7 Å². The van der Waals surface area contributed by atoms with Gasteiger partial charge < -0.3 is 9.84 Å². The molecule has 0 radical (unpaired) electrons. The highest BCUT2D eigenvalue weighted by Gasteiger charge is 2.42. The van der Waals surface area contributed by atoms with E-state index >= 15 is 0 Å². The lowest BCUT2D eigenvalue weighted by atomic mass is 9.74. The Balaban J connectivity index is 1.89. The zero-order valence-electron chi connectivity index (χ0n) is 17.3. The number of nitrogens with zero attached hydrogens (tertiary/aromatic N) is 1. The average molecular weight is 403 g/mol. The summed E-state index contributed by atoms with van der Waals surface area (Å²) in [7, 11) is 0. The van der Waals surface area contributed by atoms with Crippen molar-refractivity contribution < 1.29 is 19.4 Å². The Labute approximate surface area is 176 Å². The summed E-state index contributed by atoms with van der Waals surface area (Å²) in [6.07, 6.45) is 3.63. The van der Waals surface area contributed by atoms with E-state index in [1.165, 1.54) is 0 Å². The first kappa shape index (κ1) is 21.2. The molecule has 0 aromatic heterocycles. The molecule has 0 spiro atoms. The van der Waals surface area contributed by atoms with Crippen LogP contribution in [0.5, 0.6) is 0 Å². The lowest BCUT2D eigenvalue weighted by Crippen LogP contribution is -2.35. The minimum Gasteiger partial charge on any atom is -0.481 e. The van der Waals surface area contributed by atoms with Crippen molar-refractivity contribution in [1.82, 2.24) is 0 Å². The lowest BCUT2D eigenvalue weighted by Gasteiger charge is -2.31. The number of carbonyl (C=O) groups is 2. The van der Waals surface area contributed by atoms with Gasteiger partial charge in [0.05, 0.1) is 5.57 Å². The molecule has 1 aliphatic heterocycles. The van der Waals surface area contributed by atoms with Gasteiger partial charge in [-0.1, -0.05) is 60.7 Å². The second-order valence-electron chi connectivity index (χ2n) is 7.31. The van der Waals surface area contributed by atoms with Crippen LogP contribution in [0.15, 0.2) is 76.9 Å². The Morgan fingerprint density at radius 1 is 1.03 bits per heavy atom. The van der Waals surface area contributed by atoms with E-state index in [2.05, 4.69) is 4.99 Å². The molecule has 154 valence electrons. The highest BCUT2D eigenvalue weighted by molar-refractivity contribution is 6.06. The van der Waals surface area contributed by atoms with Gasteiger partial charge in [0.2, 0.25) is 0 Å². The van der Waals surface area contributed by atoms with Crippen molar-refractivity contribution in [3.05, 3.63) is 88.6 Å². The van der Waals surface area contributed by atoms with E-state index in [9.17, 15) is 14.7 Å². The molecule has 2 aromatic rings. The molecule has 2 aromatic carbocycles. The summed E-state index contributed by atoms with van der Waals surface area (Å²) >= 11 is 0. The van der Waals surface area contributed by atoms with Crippen molar-refractivity contribution in [3.63, 3.8) is 0 Å². The van der Waals surface area contributed by atoms with Crippen LogP contribution in [0.2, 0.25) is 0 Å². The number of aliphatic imine (C=N–C) groups is 1. The average Bonchev–Trinajstić information content (AvgIpc) is 2.71. The zero-order valence-corrected chi connectivity index (χ0v) is 17.3. The number of carbonyl (C=O) groups excluding carboxylic acids is 1. The quantitative estimate of drug-likeness (QED) is 0.704. The number of aryl methyl sites for hydroxylation is 1. The summed E-state index contributed by atoms with van der Waals surface area (Å²) in [5.74, 6) is -3.11. The van der Waals surface area contributed by atoms with Crippen LogP contribution in [-0.4, -0.2) is 29.4 Å². The van der Waals surface area contributed by atoms with Crippen LogP contribution in [0.1, 0.15) is 36.5 Å². The molecule has 2 atom stereocenters. The van der Waals surface area contributed by atoms with E-state index in [1.54, 1.807) is 19.9 Å². The Kier molecular flexibility index (Phi) is 6.62. The first-order chi connectivity index (χ1) is 14.4. The molecule has 5 heteroatoms. The van der Waals surface area contributed by atoms with E-state index in [-0.39, 0.29) is 6.61 Å². The summed E-state index contributed by atoms with van der Waals surface area (Å²) in [5.41, 5.74) is 4.00. The molecule has 2 unspecified atom stereocenters. The van der Waals surface area contributed by atoms with Gasteiger partial charge >= 0.3 is 11.9 Å². The van der Waals surface area contributed by atoms with Crippen LogP contribution in [0.25, 0.3) is 6.08 Å². The molecular weight excluding hydrogens is 378 g/mol. The van der Waals surface area contributed by atoms with E-state index in [4.69, 9.17) is 4.74 Å². The smallest absolute Gasteiger partial charge is 0.336 e. The number of allylic oxidation sites excluding steroid dienone is 1. The summed E-state index contributed by atoms with van der Waals surface area (Å²) in [6.45, 7) is 5.42. The minimum absolute atomic E-state index is 0.0887. The summed E-state index contributed by atoms with van der Waals surface area (Å²) < 4.78 is 5.48. The summed E-state index contributed by atoms with van der Waals surface area (Å²) in [4.78, 5) is 29.5. The monoisotopic (exact) mass is 403 g/mol. The predicted molar refractivity (Wildman–Crippen MR) is 117 cm³/mol. The highest BCUT2D eigenvalue weighted by Crippen LogP contribution is 2.40. The normalized spacial score (nSPS) is 19.0. The third-order valence-electron chi connectivity index (χ3n) is 5.26. The van der Waals surface area contributed by atoms with Gasteiger partial charge in [0.15, 0.2) is 0 Å². The fraction of sp³-hybridized carbons (Fsp3) is 0.240. The van der Waals surface area contributed by atoms with E-state index < -0.39 is 23.8 Å². The van der Waals surface area contributed by atoms with Crippen molar-refractivity contribution in [2.75, 3.05) is 6.61 Å². The molecule has 0 bridgehead atoms. The standard InChI is InChI=1S/C25H25NO4/c1-16-10-7-8-14-20(16)23-21(24(27)28)17(2)26-18(3)22(23)25(29)30-15-9-13-19-11-5-4-6-12-19/h4-14,21,23H,15H2,1-3H3,(H,27,28). The van der Waals surface area contributed by atoms with E-state index in [1.807, 2.05) is 67.6 Å². The summed E-state index contributed by atoms with van der Waals surface area (Å²) in [6, 6.07) is 17.2. The number of hydrogen-bond donors (Lipinski definition) is 1. The molecule has 0 amide bonds. The van der Waals surface area contributed by atoms with Crippen LogP contribution in [0, 0.1) is 12.8 Å². The highest BCUT2D eigenvalue weighted by atomic mass is 16.5. The molecule has 1 heterocycles. The Hall–Kier alpha value is -3.47. The lowest BCUT2D eigenvalue weighted by molar-refractivity contribution is -0.140. The van der Waals surface area contributed by atoms with Gasteiger partial charge in [-0.2, -0.15) is 0 Å². The largest absolute Gasteiger partial charge is 0.481 e. The number of rotatable bonds is 6. The Morgan fingerprint density at radius 3 is 2.37 bits per heavy atom. The SMILES string of the molecule is CC1=NC(C)=C(C(=O)OCC=Cc2ccccc2)C(c2ccccc2C)C1C(=O)O. The maximum atomic E-state index is 13.0. The first-order valence-electron chi connectivity index (χ1n) is 9.83. The second kappa shape index (κ2) is 9.35. The number of ether oxygens (including phenoxy) is 1. The van der Waals surface area contributed by atoms with Gasteiger partial charge in [0.25, 0.3) is 0 Å². The molecule has 0 saturated carbocycles. The van der Waals surface area contributed by atoms with Crippen LogP contribution in [0.3, 0.4) is 0 Å². The predicted octanol–water partition coefficient (Wildman–Crippen LogP) is 4.78. The van der Waals surface area contributed by atoms with Gasteiger partial charge in [-0.25, -0.2) is 4.79 Å². The van der Waals surface area contributed by atoms with Crippen molar-refractivity contribution in [3.8, 4) is 0 Å². The van der Waals surface area contributed by atoms with Gasteiger partial charge in [-0.15, -0.1) is 0 Å². The molecular formula is C25H25NO4. The second-order valence-corrected chi connectivity index (χ2v) is 7.31. The molecule has 0 saturated heterocycles. The van der Waals surface area contributed by atoms with Crippen LogP contribution in [-0.2, 0) is 14.3 Å².